The molecule has 0 aliphatic heterocycles. The van der Waals surface area contributed by atoms with E-state index in [1.807, 2.05) is 32.0 Å². The van der Waals surface area contributed by atoms with Crippen LogP contribution in [0.3, 0.4) is 0 Å². The molecule has 8 heteroatoms. The van der Waals surface area contributed by atoms with Crippen LogP contribution in [-0.4, -0.2) is 20.9 Å². The first kappa shape index (κ1) is 23.1. The molecule has 0 saturated carbocycles. The molecule has 31 heavy (non-hydrogen) atoms. The third kappa shape index (κ3) is 5.39. The van der Waals surface area contributed by atoms with E-state index in [0.29, 0.717) is 5.69 Å². The summed E-state index contributed by atoms with van der Waals surface area (Å²) in [5.41, 5.74) is 2.76. The summed E-state index contributed by atoms with van der Waals surface area (Å²) < 4.78 is 27.8. The summed E-state index contributed by atoms with van der Waals surface area (Å²) in [5.74, 6) is -0.473. The van der Waals surface area contributed by atoms with Crippen LogP contribution in [0.25, 0.3) is 0 Å². The van der Waals surface area contributed by atoms with Crippen LogP contribution in [0.4, 0.5) is 11.4 Å². The lowest BCUT2D eigenvalue weighted by atomic mass is 10.1. The van der Waals surface area contributed by atoms with Gasteiger partial charge in [-0.3, -0.25) is 9.10 Å². The first-order valence-electron chi connectivity index (χ1n) is 9.64. The predicted molar refractivity (Wildman–Crippen MR) is 127 cm³/mol. The monoisotopic (exact) mass is 476 g/mol. The van der Waals surface area contributed by atoms with E-state index in [-0.39, 0.29) is 20.6 Å². The minimum atomic E-state index is -4.05. The molecule has 1 N–H and O–H groups in total. The number of anilines is 2. The average molecular weight is 477 g/mol. The van der Waals surface area contributed by atoms with E-state index in [1.54, 1.807) is 18.2 Å². The van der Waals surface area contributed by atoms with Gasteiger partial charge in [-0.05, 0) is 54.8 Å². The Kier molecular flexibility index (Phi) is 7.26. The van der Waals surface area contributed by atoms with Crippen molar-refractivity contribution in [2.24, 2.45) is 0 Å². The zero-order chi connectivity index (χ0) is 22.6. The maximum Gasteiger partial charge on any atom is 0.264 e. The van der Waals surface area contributed by atoms with Crippen molar-refractivity contribution in [2.45, 2.75) is 25.2 Å². The van der Waals surface area contributed by atoms with Gasteiger partial charge in [0, 0.05) is 15.7 Å². The first-order chi connectivity index (χ1) is 14.7. The number of carbonyl (C=O) groups excluding carboxylic acids is 1. The van der Waals surface area contributed by atoms with Crippen LogP contribution in [0, 0.1) is 6.92 Å². The molecule has 0 fully saturated rings. The van der Waals surface area contributed by atoms with Crippen molar-refractivity contribution in [1.82, 2.24) is 0 Å². The Balaban J connectivity index is 2.01. The van der Waals surface area contributed by atoms with Crippen molar-refractivity contribution in [3.63, 3.8) is 0 Å². The van der Waals surface area contributed by atoms with Gasteiger partial charge in [-0.25, -0.2) is 8.42 Å². The normalized spacial score (nSPS) is 11.2. The maximum absolute atomic E-state index is 13.4. The van der Waals surface area contributed by atoms with Gasteiger partial charge in [0.2, 0.25) is 5.91 Å². The fourth-order valence-corrected chi connectivity index (χ4v) is 5.17. The SMILES string of the molecule is CCc1cccc(C)c1NC(=O)CN(c1cc(Cl)cc(Cl)c1)S(=O)(=O)c1ccccc1. The number of hydrogen-bond acceptors (Lipinski definition) is 3. The van der Waals surface area contributed by atoms with Crippen molar-refractivity contribution in [1.29, 1.82) is 0 Å². The van der Waals surface area contributed by atoms with Crippen LogP contribution < -0.4 is 9.62 Å². The number of hydrogen-bond donors (Lipinski definition) is 1. The Hall–Kier alpha value is -2.54. The minimum Gasteiger partial charge on any atom is -0.324 e. The molecule has 1 amide bonds. The van der Waals surface area contributed by atoms with Gasteiger partial charge < -0.3 is 5.32 Å². The van der Waals surface area contributed by atoms with Gasteiger partial charge in [-0.2, -0.15) is 0 Å². The molecular weight excluding hydrogens is 455 g/mol. The summed E-state index contributed by atoms with van der Waals surface area (Å²) in [6.45, 7) is 3.44. The highest BCUT2D eigenvalue weighted by Crippen LogP contribution is 2.30. The molecule has 3 rings (SSSR count). The number of aryl methyl sites for hydroxylation is 2. The Morgan fingerprint density at radius 3 is 2.23 bits per heavy atom. The van der Waals surface area contributed by atoms with Crippen LogP contribution in [0.15, 0.2) is 71.6 Å². The lowest BCUT2D eigenvalue weighted by molar-refractivity contribution is -0.114. The molecule has 0 radical (unpaired) electrons. The van der Waals surface area contributed by atoms with Crippen molar-refractivity contribution >= 4 is 50.5 Å². The minimum absolute atomic E-state index is 0.0593. The largest absolute Gasteiger partial charge is 0.324 e. The molecule has 0 spiro atoms. The van der Waals surface area contributed by atoms with Crippen molar-refractivity contribution in [3.05, 3.63) is 87.9 Å². The van der Waals surface area contributed by atoms with Crippen molar-refractivity contribution in [2.75, 3.05) is 16.2 Å². The molecule has 0 aliphatic rings. The van der Waals surface area contributed by atoms with Gasteiger partial charge in [0.05, 0.1) is 10.6 Å². The van der Waals surface area contributed by atoms with Gasteiger partial charge >= 0.3 is 0 Å². The summed E-state index contributed by atoms with van der Waals surface area (Å²) in [6.07, 6.45) is 0.729. The van der Waals surface area contributed by atoms with Gasteiger partial charge in [-0.1, -0.05) is 66.5 Å². The van der Waals surface area contributed by atoms with Crippen LogP contribution in [-0.2, 0) is 21.2 Å². The predicted octanol–water partition coefficient (Wildman–Crippen LogP) is 5.70. The average Bonchev–Trinajstić information content (AvgIpc) is 2.73. The molecule has 0 saturated heterocycles. The van der Waals surface area contributed by atoms with Crippen molar-refractivity contribution < 1.29 is 13.2 Å². The number of sulfonamides is 1. The van der Waals surface area contributed by atoms with Crippen molar-refractivity contribution in [3.8, 4) is 0 Å². The Labute approximate surface area is 192 Å². The van der Waals surface area contributed by atoms with E-state index in [2.05, 4.69) is 5.32 Å². The fourth-order valence-electron chi connectivity index (χ4n) is 3.23. The second-order valence-corrected chi connectivity index (χ2v) is 9.70. The Morgan fingerprint density at radius 1 is 0.968 bits per heavy atom. The third-order valence-corrected chi connectivity index (χ3v) is 6.98. The van der Waals surface area contributed by atoms with Gasteiger partial charge in [0.25, 0.3) is 10.0 Å². The highest BCUT2D eigenvalue weighted by molar-refractivity contribution is 7.92. The molecule has 0 heterocycles. The number of amides is 1. The summed E-state index contributed by atoms with van der Waals surface area (Å²) >= 11 is 12.2. The van der Waals surface area contributed by atoms with Gasteiger partial charge in [0.15, 0.2) is 0 Å². The summed E-state index contributed by atoms with van der Waals surface area (Å²) in [7, 11) is -4.05. The quantitative estimate of drug-likeness (QED) is 0.475. The van der Waals surface area contributed by atoms with Crippen LogP contribution >= 0.6 is 23.2 Å². The number of nitrogens with one attached hydrogen (secondary N) is 1. The summed E-state index contributed by atoms with van der Waals surface area (Å²) in [5, 5.41) is 3.41. The Bertz CT molecular complexity index is 1180. The maximum atomic E-state index is 13.4. The van der Waals surface area contributed by atoms with Gasteiger partial charge in [-0.15, -0.1) is 0 Å². The number of rotatable bonds is 7. The molecule has 162 valence electrons. The highest BCUT2D eigenvalue weighted by Gasteiger charge is 2.28. The molecule has 3 aromatic carbocycles. The van der Waals surface area contributed by atoms with E-state index in [1.165, 1.54) is 30.3 Å². The number of halogens is 2. The lowest BCUT2D eigenvalue weighted by Crippen LogP contribution is -2.38. The molecule has 0 aromatic heterocycles. The highest BCUT2D eigenvalue weighted by atomic mass is 35.5. The second kappa shape index (κ2) is 9.73. The van der Waals surface area contributed by atoms with Crippen LogP contribution in [0.1, 0.15) is 18.1 Å². The van der Waals surface area contributed by atoms with Crippen LogP contribution in [0.5, 0.6) is 0 Å². The third-order valence-electron chi connectivity index (χ3n) is 4.76. The molecule has 0 aliphatic carbocycles. The molecule has 0 unspecified atom stereocenters. The zero-order valence-electron chi connectivity index (χ0n) is 17.1. The fraction of sp³-hybridized carbons (Fsp3) is 0.174. The van der Waals surface area contributed by atoms with E-state index in [0.717, 1.165) is 21.9 Å². The summed E-state index contributed by atoms with van der Waals surface area (Å²) in [6, 6.07) is 18.1. The Morgan fingerprint density at radius 2 is 1.61 bits per heavy atom. The van der Waals surface area contributed by atoms with E-state index < -0.39 is 22.5 Å². The first-order valence-corrected chi connectivity index (χ1v) is 11.8. The standard InChI is InChI=1S/C23H22Cl2N2O3S/c1-3-17-9-7-8-16(2)23(17)26-22(28)15-27(20-13-18(24)12-19(25)14-20)31(29,30)21-10-5-4-6-11-21/h4-14H,3,15H2,1-2H3,(H,26,28). The second-order valence-electron chi connectivity index (χ2n) is 6.96. The molecule has 5 nitrogen and oxygen atoms in total. The number of carbonyl (C=O) groups is 1. The number of nitrogens with zero attached hydrogens (tertiary/aromatic N) is 1. The number of para-hydroxylation sites is 1. The van der Waals surface area contributed by atoms with Crippen LogP contribution in [0.2, 0.25) is 10.0 Å². The molecule has 3 aromatic rings. The van der Waals surface area contributed by atoms with E-state index in [4.69, 9.17) is 23.2 Å². The smallest absolute Gasteiger partial charge is 0.264 e. The molecular formula is C23H22Cl2N2O3S. The number of benzene rings is 3. The van der Waals surface area contributed by atoms with E-state index >= 15 is 0 Å². The molecule has 0 bridgehead atoms. The topological polar surface area (TPSA) is 66.5 Å². The van der Waals surface area contributed by atoms with Gasteiger partial charge in [0.1, 0.15) is 6.54 Å². The van der Waals surface area contributed by atoms with E-state index in [9.17, 15) is 13.2 Å². The summed E-state index contributed by atoms with van der Waals surface area (Å²) in [4.78, 5) is 13.0. The lowest BCUT2D eigenvalue weighted by Gasteiger charge is -2.25. The zero-order valence-corrected chi connectivity index (χ0v) is 19.4. The molecule has 0 atom stereocenters.